The quantitative estimate of drug-likeness (QED) is 0.540. The summed E-state index contributed by atoms with van der Waals surface area (Å²) in [7, 11) is 0. The molecule has 0 aliphatic carbocycles. The fourth-order valence-electron chi connectivity index (χ4n) is 2.68. The molecule has 0 aromatic carbocycles. The molecule has 5 N–H and O–H groups in total. The molecule has 1 aliphatic heterocycles. The average molecular weight is 305 g/mol. The molecule has 4 atom stereocenters. The van der Waals surface area contributed by atoms with Crippen LogP contribution in [0.5, 0.6) is 0 Å². The van der Waals surface area contributed by atoms with Crippen molar-refractivity contribution in [2.75, 3.05) is 12.3 Å². The van der Waals surface area contributed by atoms with Crippen LogP contribution < -0.4 is 5.73 Å². The number of ether oxygens (including phenoxy) is 1. The first-order valence-electron chi connectivity index (χ1n) is 6.65. The third-order valence-electron chi connectivity index (χ3n) is 3.72. The predicted octanol–water partition coefficient (Wildman–Crippen LogP) is -1.19. The molecule has 0 bridgehead atoms. The van der Waals surface area contributed by atoms with Crippen molar-refractivity contribution in [2.24, 2.45) is 0 Å². The molecule has 1 aliphatic rings. The number of hydrogen-bond donors (Lipinski definition) is 4. The molecule has 22 heavy (non-hydrogen) atoms. The number of nitrogens with two attached hydrogens (primary N) is 1. The van der Waals surface area contributed by atoms with Crippen molar-refractivity contribution in [1.29, 1.82) is 5.26 Å². The van der Waals surface area contributed by atoms with Crippen molar-refractivity contribution in [3.05, 3.63) is 17.6 Å². The molecule has 2 aromatic rings. The average Bonchev–Trinajstić information content (AvgIpc) is 2.98. The van der Waals surface area contributed by atoms with Crippen LogP contribution in [0.15, 0.2) is 6.20 Å². The van der Waals surface area contributed by atoms with Gasteiger partial charge in [-0.15, -0.1) is 0 Å². The van der Waals surface area contributed by atoms with E-state index in [0.29, 0.717) is 16.9 Å². The van der Waals surface area contributed by atoms with Gasteiger partial charge >= 0.3 is 0 Å². The zero-order chi connectivity index (χ0) is 16.0. The van der Waals surface area contributed by atoms with E-state index < -0.39 is 31.1 Å². The van der Waals surface area contributed by atoms with Crippen LogP contribution in [0.1, 0.15) is 17.6 Å². The van der Waals surface area contributed by atoms with E-state index in [0.717, 1.165) is 0 Å². The van der Waals surface area contributed by atoms with Gasteiger partial charge in [-0.25, -0.2) is 9.97 Å². The Morgan fingerprint density at radius 3 is 2.73 bits per heavy atom. The van der Waals surface area contributed by atoms with Gasteiger partial charge < -0.3 is 30.4 Å². The molecule has 1 unspecified atom stereocenters. The van der Waals surface area contributed by atoms with E-state index in [1.165, 1.54) is 10.8 Å². The summed E-state index contributed by atoms with van der Waals surface area (Å²) in [5.74, 6) is 0.560. The maximum absolute atomic E-state index is 10.1. The van der Waals surface area contributed by atoms with Crippen LogP contribution in [0.25, 0.3) is 11.0 Å². The highest BCUT2D eigenvalue weighted by molar-refractivity contribution is 5.92. The highest BCUT2D eigenvalue weighted by atomic mass is 16.6. The maximum atomic E-state index is 10.1. The number of hydrogen-bond acceptors (Lipinski definition) is 8. The predicted molar refractivity (Wildman–Crippen MR) is 74.4 cm³/mol. The highest BCUT2D eigenvalue weighted by Crippen LogP contribution is 2.34. The number of aromatic nitrogens is 3. The van der Waals surface area contributed by atoms with Gasteiger partial charge in [0.1, 0.15) is 41.7 Å². The van der Waals surface area contributed by atoms with Gasteiger partial charge in [0.25, 0.3) is 0 Å². The SMILES string of the molecule is Cc1nc(N)c2c(C#N)cn([C@@H]3OC(CO)[C@@H](O)[C@H]3O)c2n1. The molecular formula is C13H15N5O4. The monoisotopic (exact) mass is 305 g/mol. The van der Waals surface area contributed by atoms with Gasteiger partial charge in [0, 0.05) is 6.20 Å². The van der Waals surface area contributed by atoms with E-state index in [-0.39, 0.29) is 11.4 Å². The third kappa shape index (κ3) is 2.01. The number of anilines is 1. The third-order valence-corrected chi connectivity index (χ3v) is 3.72. The minimum absolute atomic E-state index is 0.157. The molecule has 0 saturated carbocycles. The van der Waals surface area contributed by atoms with Crippen molar-refractivity contribution in [3.8, 4) is 6.07 Å². The van der Waals surface area contributed by atoms with Crippen LogP contribution in [0.4, 0.5) is 5.82 Å². The topological polar surface area (TPSA) is 150 Å². The summed E-state index contributed by atoms with van der Waals surface area (Å²) < 4.78 is 6.90. The Morgan fingerprint density at radius 2 is 2.14 bits per heavy atom. The van der Waals surface area contributed by atoms with E-state index >= 15 is 0 Å². The van der Waals surface area contributed by atoms with Crippen molar-refractivity contribution in [2.45, 2.75) is 31.5 Å². The summed E-state index contributed by atoms with van der Waals surface area (Å²) in [6.45, 7) is 1.21. The molecule has 1 saturated heterocycles. The van der Waals surface area contributed by atoms with Crippen LogP contribution in [-0.2, 0) is 4.74 Å². The smallest absolute Gasteiger partial charge is 0.164 e. The molecule has 9 heteroatoms. The van der Waals surface area contributed by atoms with Crippen molar-refractivity contribution in [1.82, 2.24) is 14.5 Å². The number of nitriles is 1. The lowest BCUT2D eigenvalue weighted by atomic mass is 10.1. The summed E-state index contributed by atoms with van der Waals surface area (Å²) in [4.78, 5) is 8.27. The lowest BCUT2D eigenvalue weighted by Gasteiger charge is -2.17. The Labute approximate surface area is 125 Å². The maximum Gasteiger partial charge on any atom is 0.164 e. The van der Waals surface area contributed by atoms with Gasteiger partial charge in [-0.05, 0) is 6.92 Å². The normalized spacial score (nSPS) is 28.1. The molecule has 3 heterocycles. The largest absolute Gasteiger partial charge is 0.394 e. The highest BCUT2D eigenvalue weighted by Gasteiger charge is 2.44. The number of nitrogen functional groups attached to an aromatic ring is 1. The number of fused-ring (bicyclic) bond motifs is 1. The van der Waals surface area contributed by atoms with Gasteiger partial charge in [-0.1, -0.05) is 0 Å². The molecule has 2 aromatic heterocycles. The van der Waals surface area contributed by atoms with Crippen LogP contribution in [0.3, 0.4) is 0 Å². The molecular weight excluding hydrogens is 290 g/mol. The summed E-state index contributed by atoms with van der Waals surface area (Å²) in [6.07, 6.45) is -2.96. The van der Waals surface area contributed by atoms with Gasteiger partial charge in [-0.3, -0.25) is 0 Å². The first-order chi connectivity index (χ1) is 10.5. The zero-order valence-corrected chi connectivity index (χ0v) is 11.7. The van der Waals surface area contributed by atoms with Gasteiger partial charge in [0.2, 0.25) is 0 Å². The lowest BCUT2D eigenvalue weighted by Crippen LogP contribution is -2.33. The Morgan fingerprint density at radius 1 is 1.41 bits per heavy atom. The van der Waals surface area contributed by atoms with Crippen LogP contribution >= 0.6 is 0 Å². The number of aryl methyl sites for hydroxylation is 1. The van der Waals surface area contributed by atoms with Crippen molar-refractivity contribution >= 4 is 16.9 Å². The fourth-order valence-corrected chi connectivity index (χ4v) is 2.68. The molecule has 1 fully saturated rings. The Hall–Kier alpha value is -2.25. The van der Waals surface area contributed by atoms with E-state index in [1.807, 2.05) is 6.07 Å². The van der Waals surface area contributed by atoms with Crippen molar-refractivity contribution < 1.29 is 20.1 Å². The second-order valence-electron chi connectivity index (χ2n) is 5.15. The van der Waals surface area contributed by atoms with E-state index in [9.17, 15) is 15.5 Å². The second kappa shape index (κ2) is 5.19. The number of rotatable bonds is 2. The Kier molecular flexibility index (Phi) is 3.46. The second-order valence-corrected chi connectivity index (χ2v) is 5.15. The van der Waals surface area contributed by atoms with Gasteiger partial charge in [0.15, 0.2) is 6.23 Å². The van der Waals surface area contributed by atoms with Crippen LogP contribution in [-0.4, -0.2) is 54.8 Å². The molecule has 0 spiro atoms. The number of aliphatic hydroxyl groups is 3. The van der Waals surface area contributed by atoms with E-state index in [1.54, 1.807) is 6.92 Å². The minimum atomic E-state index is -1.27. The first kappa shape index (κ1) is 14.7. The van der Waals surface area contributed by atoms with Crippen molar-refractivity contribution in [3.63, 3.8) is 0 Å². The standard InChI is InChI=1S/C13H15N5O4/c1-5-16-11(15)8-6(2-14)3-18(12(8)17-5)13-10(21)9(20)7(4-19)22-13/h3,7,9-10,13,19-21H,4H2,1H3,(H2,15,16,17)/t7?,9-,10-,13-/m1/s1. The lowest BCUT2D eigenvalue weighted by molar-refractivity contribution is -0.0508. The Balaban J connectivity index is 2.18. The first-order valence-corrected chi connectivity index (χ1v) is 6.65. The molecule has 3 rings (SSSR count). The molecule has 116 valence electrons. The number of nitrogens with zero attached hydrogens (tertiary/aromatic N) is 4. The van der Waals surface area contributed by atoms with E-state index in [4.69, 9.17) is 15.6 Å². The Bertz CT molecular complexity index is 768. The zero-order valence-electron chi connectivity index (χ0n) is 11.7. The molecule has 9 nitrogen and oxygen atoms in total. The molecule has 0 radical (unpaired) electrons. The summed E-state index contributed by atoms with van der Waals surface area (Å²) in [5, 5.41) is 38.8. The van der Waals surface area contributed by atoms with E-state index in [2.05, 4.69) is 9.97 Å². The molecule has 0 amide bonds. The van der Waals surface area contributed by atoms with Gasteiger partial charge in [-0.2, -0.15) is 5.26 Å². The van der Waals surface area contributed by atoms with Gasteiger partial charge in [0.05, 0.1) is 17.6 Å². The van der Waals surface area contributed by atoms with Crippen LogP contribution in [0, 0.1) is 18.3 Å². The van der Waals surface area contributed by atoms with Crippen LogP contribution in [0.2, 0.25) is 0 Å². The number of aliphatic hydroxyl groups excluding tert-OH is 3. The summed E-state index contributed by atoms with van der Waals surface area (Å²) in [6, 6.07) is 2.00. The fraction of sp³-hybridized carbons (Fsp3) is 0.462. The minimum Gasteiger partial charge on any atom is -0.394 e. The summed E-state index contributed by atoms with van der Waals surface area (Å²) in [5.41, 5.74) is 6.42. The summed E-state index contributed by atoms with van der Waals surface area (Å²) >= 11 is 0.